The van der Waals surface area contributed by atoms with Crippen LogP contribution < -0.4 is 5.73 Å². The number of carboxylic acids is 1. The zero-order valence-corrected chi connectivity index (χ0v) is 14.2. The number of hydrogen-bond donors (Lipinski definition) is 2. The average molecular weight is 332 g/mol. The van der Waals surface area contributed by atoms with Crippen LogP contribution in [0.5, 0.6) is 0 Å². The van der Waals surface area contributed by atoms with E-state index in [9.17, 15) is 14.7 Å². The highest BCUT2D eigenvalue weighted by molar-refractivity contribution is 5.90. The average Bonchev–Trinajstić information content (AvgIpc) is 2.91. The van der Waals surface area contributed by atoms with Crippen LogP contribution in [0.1, 0.15) is 44.9 Å². The van der Waals surface area contributed by atoms with Crippen molar-refractivity contribution in [1.82, 2.24) is 4.90 Å². The van der Waals surface area contributed by atoms with Crippen molar-refractivity contribution in [3.05, 3.63) is 12.2 Å². The van der Waals surface area contributed by atoms with Gasteiger partial charge in [-0.15, -0.1) is 0 Å². The molecule has 1 aliphatic heterocycles. The highest BCUT2D eigenvalue weighted by atomic mass is 16.4. The first kappa shape index (κ1) is 16.1. The Morgan fingerprint density at radius 1 is 1.17 bits per heavy atom. The number of rotatable bonds is 7. The van der Waals surface area contributed by atoms with Crippen molar-refractivity contribution < 1.29 is 14.7 Å². The predicted octanol–water partition coefficient (Wildman–Crippen LogP) is 2.02. The minimum atomic E-state index is -0.868. The van der Waals surface area contributed by atoms with E-state index >= 15 is 0 Å². The molecule has 3 aliphatic carbocycles. The van der Waals surface area contributed by atoms with Gasteiger partial charge >= 0.3 is 5.97 Å². The molecule has 3 fully saturated rings. The van der Waals surface area contributed by atoms with Crippen molar-refractivity contribution in [3.8, 4) is 0 Å². The molecule has 1 spiro atoms. The molecule has 0 aromatic rings. The van der Waals surface area contributed by atoms with Gasteiger partial charge in [-0.25, -0.2) is 0 Å². The third-order valence-electron chi connectivity index (χ3n) is 7.33. The second-order valence-corrected chi connectivity index (χ2v) is 8.35. The molecule has 0 radical (unpaired) electrons. The molecule has 1 heterocycles. The minimum absolute atomic E-state index is 0.00563. The van der Waals surface area contributed by atoms with Gasteiger partial charge in [0.15, 0.2) is 0 Å². The number of likely N-dealkylation sites (tertiary alicyclic amines) is 1. The summed E-state index contributed by atoms with van der Waals surface area (Å²) in [6.07, 6.45) is 11.4. The fourth-order valence-corrected chi connectivity index (χ4v) is 6.13. The lowest BCUT2D eigenvalue weighted by Crippen LogP contribution is -2.49. The number of hydrogen-bond acceptors (Lipinski definition) is 3. The van der Waals surface area contributed by atoms with Crippen LogP contribution in [-0.2, 0) is 9.59 Å². The summed E-state index contributed by atoms with van der Waals surface area (Å²) in [5, 5.41) is 9.86. The number of unbranched alkanes of at least 4 members (excludes halogenated alkanes) is 1. The molecule has 4 atom stereocenters. The van der Waals surface area contributed by atoms with Gasteiger partial charge in [0.2, 0.25) is 5.91 Å². The Bertz CT molecular complexity index is 577. The van der Waals surface area contributed by atoms with Gasteiger partial charge in [-0.2, -0.15) is 0 Å². The van der Waals surface area contributed by atoms with Crippen LogP contribution in [0.4, 0.5) is 0 Å². The second kappa shape index (κ2) is 5.58. The third kappa shape index (κ3) is 2.10. The lowest BCUT2D eigenvalue weighted by Gasteiger charge is -2.37. The van der Waals surface area contributed by atoms with Crippen molar-refractivity contribution in [2.24, 2.45) is 34.3 Å². The number of carbonyl (C=O) groups excluding carboxylic acids is 1. The first-order chi connectivity index (χ1) is 11.5. The first-order valence-electron chi connectivity index (χ1n) is 9.46. The zero-order valence-electron chi connectivity index (χ0n) is 14.2. The summed E-state index contributed by atoms with van der Waals surface area (Å²) in [6, 6.07) is 0. The Hall–Kier alpha value is -1.36. The highest BCUT2D eigenvalue weighted by Crippen LogP contribution is 2.76. The lowest BCUT2D eigenvalue weighted by atomic mass is 9.64. The molecule has 24 heavy (non-hydrogen) atoms. The molecule has 4 rings (SSSR count). The van der Waals surface area contributed by atoms with E-state index in [2.05, 4.69) is 17.1 Å². The molecule has 5 heteroatoms. The summed E-state index contributed by atoms with van der Waals surface area (Å²) in [4.78, 5) is 27.0. The minimum Gasteiger partial charge on any atom is -0.481 e. The fourth-order valence-electron chi connectivity index (χ4n) is 6.13. The van der Waals surface area contributed by atoms with Gasteiger partial charge < -0.3 is 15.7 Å². The summed E-state index contributed by atoms with van der Waals surface area (Å²) >= 11 is 0. The number of nitrogens with zero attached hydrogens (tertiary/aromatic N) is 1. The predicted molar refractivity (Wildman–Crippen MR) is 90.1 cm³/mol. The molecule has 0 aromatic heterocycles. The Morgan fingerprint density at radius 3 is 2.46 bits per heavy atom. The molecule has 2 bridgehead atoms. The summed E-state index contributed by atoms with van der Waals surface area (Å²) in [5.41, 5.74) is 5.02. The maximum Gasteiger partial charge on any atom is 0.308 e. The van der Waals surface area contributed by atoms with Crippen molar-refractivity contribution in [3.63, 3.8) is 0 Å². The Labute approximate surface area is 143 Å². The summed E-state index contributed by atoms with van der Waals surface area (Å²) in [7, 11) is 0. The number of carboxylic acid groups (broad SMARTS) is 1. The Balaban J connectivity index is 1.50. The maximum atomic E-state index is 12.5. The van der Waals surface area contributed by atoms with Gasteiger partial charge in [0.25, 0.3) is 0 Å². The summed E-state index contributed by atoms with van der Waals surface area (Å²) in [6.45, 7) is 3.41. The number of amides is 1. The number of primary amides is 1. The molecular weight excluding hydrogens is 304 g/mol. The normalized spacial score (nSPS) is 38.9. The van der Waals surface area contributed by atoms with Crippen LogP contribution in [0.3, 0.4) is 0 Å². The smallest absolute Gasteiger partial charge is 0.308 e. The third-order valence-corrected chi connectivity index (χ3v) is 7.33. The molecule has 5 nitrogen and oxygen atoms in total. The van der Waals surface area contributed by atoms with E-state index in [0.29, 0.717) is 6.42 Å². The van der Waals surface area contributed by atoms with E-state index in [1.165, 1.54) is 25.9 Å². The monoisotopic (exact) mass is 332 g/mol. The fraction of sp³-hybridized carbons (Fsp3) is 0.789. The SMILES string of the molecule is NC(=O)[C@@]1(CCCCN2CCCC2)[C@H](C(=O)O)[C@@H]2C=C[C@@H]1C21CC1. The molecule has 1 amide bonds. The van der Waals surface area contributed by atoms with Crippen LogP contribution in [-0.4, -0.2) is 41.5 Å². The van der Waals surface area contributed by atoms with Gasteiger partial charge in [-0.3, -0.25) is 9.59 Å². The maximum absolute atomic E-state index is 12.5. The molecular formula is C19H28N2O3. The molecule has 1 saturated heterocycles. The number of allylic oxidation sites excluding steroid dienone is 2. The van der Waals surface area contributed by atoms with E-state index < -0.39 is 17.3 Å². The molecule has 3 N–H and O–H groups in total. The number of carbonyl (C=O) groups is 2. The summed E-state index contributed by atoms with van der Waals surface area (Å²) < 4.78 is 0. The first-order valence-corrected chi connectivity index (χ1v) is 9.46. The van der Waals surface area contributed by atoms with Crippen molar-refractivity contribution in [2.75, 3.05) is 19.6 Å². The van der Waals surface area contributed by atoms with Gasteiger partial charge in [0, 0.05) is 0 Å². The molecule has 2 saturated carbocycles. The largest absolute Gasteiger partial charge is 0.481 e. The quantitative estimate of drug-likeness (QED) is 0.552. The van der Waals surface area contributed by atoms with E-state index in [1.54, 1.807) is 0 Å². The standard InChI is InChI=1S/C19H28N2O3/c20-17(24)19(7-1-2-10-21-11-3-4-12-21)14-6-5-13(15(19)16(22)23)18(14)8-9-18/h5-6,13-15H,1-4,7-12H2,(H2,20,24)(H,22,23)/t13-,14+,15-,19+/m0/s1. The molecule has 4 aliphatic rings. The van der Waals surface area contributed by atoms with Crippen LogP contribution in [0.2, 0.25) is 0 Å². The molecule has 132 valence electrons. The number of aliphatic carboxylic acids is 1. The van der Waals surface area contributed by atoms with Gasteiger partial charge in [-0.05, 0) is 75.4 Å². The highest BCUT2D eigenvalue weighted by Gasteiger charge is 2.75. The van der Waals surface area contributed by atoms with Crippen LogP contribution >= 0.6 is 0 Å². The van der Waals surface area contributed by atoms with Crippen molar-refractivity contribution in [2.45, 2.75) is 44.9 Å². The van der Waals surface area contributed by atoms with Crippen LogP contribution in [0.15, 0.2) is 12.2 Å². The number of nitrogens with two attached hydrogens (primary N) is 1. The van der Waals surface area contributed by atoms with Crippen LogP contribution in [0, 0.1) is 28.6 Å². The summed E-state index contributed by atoms with van der Waals surface area (Å²) in [5.74, 6) is -1.80. The second-order valence-electron chi connectivity index (χ2n) is 8.35. The Morgan fingerprint density at radius 2 is 1.88 bits per heavy atom. The van der Waals surface area contributed by atoms with Crippen molar-refractivity contribution >= 4 is 11.9 Å². The molecule has 0 unspecified atom stereocenters. The zero-order chi connectivity index (χ0) is 16.9. The van der Waals surface area contributed by atoms with Gasteiger partial charge in [-0.1, -0.05) is 18.6 Å². The van der Waals surface area contributed by atoms with Crippen molar-refractivity contribution in [1.29, 1.82) is 0 Å². The van der Waals surface area contributed by atoms with E-state index in [4.69, 9.17) is 5.73 Å². The van der Waals surface area contributed by atoms with Crippen LogP contribution in [0.25, 0.3) is 0 Å². The van der Waals surface area contributed by atoms with Gasteiger partial charge in [0.05, 0.1) is 11.3 Å². The van der Waals surface area contributed by atoms with E-state index in [1.807, 2.05) is 0 Å². The van der Waals surface area contributed by atoms with E-state index in [0.717, 1.165) is 32.2 Å². The Kier molecular flexibility index (Phi) is 3.75. The topological polar surface area (TPSA) is 83.6 Å². The lowest BCUT2D eigenvalue weighted by molar-refractivity contribution is -0.153. The van der Waals surface area contributed by atoms with E-state index in [-0.39, 0.29) is 23.2 Å². The van der Waals surface area contributed by atoms with Gasteiger partial charge in [0.1, 0.15) is 0 Å². The molecule has 0 aromatic carbocycles.